The summed E-state index contributed by atoms with van der Waals surface area (Å²) in [5.41, 5.74) is 1.20. The van der Waals surface area contributed by atoms with Crippen LogP contribution in [0.15, 0.2) is 18.2 Å². The second-order valence-electron chi connectivity index (χ2n) is 4.72. The molecule has 1 aliphatic rings. The molecule has 0 radical (unpaired) electrons. The third kappa shape index (κ3) is 4.06. The minimum absolute atomic E-state index is 0.626. The van der Waals surface area contributed by atoms with Crippen LogP contribution in [0.5, 0.6) is 0 Å². The summed E-state index contributed by atoms with van der Waals surface area (Å²) >= 11 is 14.0. The maximum Gasteiger partial charge on any atom is 0.0595 e. The van der Waals surface area contributed by atoms with Crippen LogP contribution < -0.4 is 5.32 Å². The minimum Gasteiger partial charge on any atom is -0.310 e. The van der Waals surface area contributed by atoms with E-state index in [4.69, 9.17) is 23.2 Å². The van der Waals surface area contributed by atoms with Gasteiger partial charge in [0.05, 0.1) is 10.0 Å². The van der Waals surface area contributed by atoms with Crippen molar-refractivity contribution >= 4 is 35.0 Å². The van der Waals surface area contributed by atoms with Crippen LogP contribution >= 0.6 is 35.0 Å². The molecule has 1 fully saturated rings. The van der Waals surface area contributed by atoms with Crippen molar-refractivity contribution in [3.05, 3.63) is 33.8 Å². The van der Waals surface area contributed by atoms with Crippen molar-refractivity contribution in [1.82, 2.24) is 5.32 Å². The van der Waals surface area contributed by atoms with Crippen molar-refractivity contribution in [2.45, 2.75) is 44.0 Å². The van der Waals surface area contributed by atoms with E-state index in [0.29, 0.717) is 16.1 Å². The molecule has 0 bridgehead atoms. The molecule has 0 amide bonds. The average Bonchev–Trinajstić information content (AvgIpc) is 2.79. The van der Waals surface area contributed by atoms with Gasteiger partial charge in [0.2, 0.25) is 0 Å². The smallest absolute Gasteiger partial charge is 0.0595 e. The molecule has 4 heteroatoms. The maximum absolute atomic E-state index is 6.01. The molecular formula is C14H19Cl2NS. The van der Waals surface area contributed by atoms with Crippen molar-refractivity contribution in [1.29, 1.82) is 0 Å². The fourth-order valence-electron chi connectivity index (χ4n) is 2.42. The lowest BCUT2D eigenvalue weighted by molar-refractivity contribution is 0.525. The number of thioether (sulfide) groups is 1. The predicted molar refractivity (Wildman–Crippen MR) is 82.9 cm³/mol. The lowest BCUT2D eigenvalue weighted by Gasteiger charge is -2.13. The first-order valence-corrected chi connectivity index (χ1v) is 8.28. The van der Waals surface area contributed by atoms with Crippen LogP contribution in [0.3, 0.4) is 0 Å². The van der Waals surface area contributed by atoms with Crippen molar-refractivity contribution < 1.29 is 0 Å². The van der Waals surface area contributed by atoms with Crippen LogP contribution in [0.25, 0.3) is 0 Å². The van der Waals surface area contributed by atoms with Crippen molar-refractivity contribution in [3.63, 3.8) is 0 Å². The highest BCUT2D eigenvalue weighted by Crippen LogP contribution is 2.30. The summed E-state index contributed by atoms with van der Waals surface area (Å²) in [6, 6.07) is 6.51. The number of nitrogens with one attached hydrogen (secondary N) is 1. The van der Waals surface area contributed by atoms with Crippen LogP contribution in [0.2, 0.25) is 10.0 Å². The van der Waals surface area contributed by atoms with E-state index in [2.05, 4.69) is 24.0 Å². The Morgan fingerprint density at radius 3 is 2.83 bits per heavy atom. The maximum atomic E-state index is 6.01. The molecule has 1 saturated carbocycles. The first-order valence-electron chi connectivity index (χ1n) is 6.48. The van der Waals surface area contributed by atoms with Gasteiger partial charge in [0.1, 0.15) is 0 Å². The average molecular weight is 304 g/mol. The third-order valence-electron chi connectivity index (χ3n) is 3.37. The van der Waals surface area contributed by atoms with Gasteiger partial charge in [-0.05, 0) is 42.7 Å². The molecular weight excluding hydrogens is 285 g/mol. The van der Waals surface area contributed by atoms with Crippen molar-refractivity contribution in [2.75, 3.05) is 5.75 Å². The summed E-state index contributed by atoms with van der Waals surface area (Å²) in [6.07, 6.45) is 3.93. The predicted octanol–water partition coefficient (Wildman–Crippen LogP) is 4.76. The molecule has 0 saturated heterocycles. The van der Waals surface area contributed by atoms with Gasteiger partial charge in [-0.2, -0.15) is 11.8 Å². The van der Waals surface area contributed by atoms with Crippen LogP contribution in [0.1, 0.15) is 31.7 Å². The number of rotatable bonds is 5. The van der Waals surface area contributed by atoms with Crippen LogP contribution in [-0.4, -0.2) is 17.0 Å². The molecule has 18 heavy (non-hydrogen) atoms. The SMILES string of the molecule is CCSC1CCC(NCc2ccc(Cl)c(Cl)c2)C1. The van der Waals surface area contributed by atoms with E-state index in [1.165, 1.54) is 30.6 Å². The highest BCUT2D eigenvalue weighted by molar-refractivity contribution is 7.99. The zero-order valence-electron chi connectivity index (χ0n) is 10.6. The number of benzene rings is 1. The van der Waals surface area contributed by atoms with Gasteiger partial charge in [0.25, 0.3) is 0 Å². The summed E-state index contributed by atoms with van der Waals surface area (Å²) in [7, 11) is 0. The van der Waals surface area contributed by atoms with Crippen LogP contribution in [0.4, 0.5) is 0 Å². The zero-order valence-corrected chi connectivity index (χ0v) is 12.9. The summed E-state index contributed by atoms with van der Waals surface area (Å²) in [6.45, 7) is 3.12. The van der Waals surface area contributed by atoms with E-state index in [0.717, 1.165) is 11.8 Å². The lowest BCUT2D eigenvalue weighted by atomic mass is 10.2. The first kappa shape index (κ1) is 14.5. The Morgan fingerprint density at radius 2 is 2.11 bits per heavy atom. The van der Waals surface area contributed by atoms with Gasteiger partial charge in [-0.1, -0.05) is 36.2 Å². The molecule has 0 aliphatic heterocycles. The van der Waals surface area contributed by atoms with E-state index >= 15 is 0 Å². The molecule has 2 atom stereocenters. The summed E-state index contributed by atoms with van der Waals surface area (Å²) in [5.74, 6) is 1.23. The van der Waals surface area contributed by atoms with Crippen LogP contribution in [0, 0.1) is 0 Å². The Morgan fingerprint density at radius 1 is 1.28 bits per heavy atom. The van der Waals surface area contributed by atoms with Crippen molar-refractivity contribution in [3.8, 4) is 0 Å². The highest BCUT2D eigenvalue weighted by atomic mass is 35.5. The van der Waals surface area contributed by atoms with E-state index < -0.39 is 0 Å². The van der Waals surface area contributed by atoms with E-state index in [-0.39, 0.29) is 0 Å². The summed E-state index contributed by atoms with van der Waals surface area (Å²) < 4.78 is 0. The molecule has 1 aromatic carbocycles. The number of halogens is 2. The molecule has 1 aliphatic carbocycles. The van der Waals surface area contributed by atoms with Gasteiger partial charge < -0.3 is 5.32 Å². The quantitative estimate of drug-likeness (QED) is 0.842. The number of hydrogen-bond acceptors (Lipinski definition) is 2. The molecule has 0 heterocycles. The van der Waals surface area contributed by atoms with E-state index in [1.807, 2.05) is 18.2 Å². The largest absolute Gasteiger partial charge is 0.310 e. The molecule has 2 rings (SSSR count). The highest BCUT2D eigenvalue weighted by Gasteiger charge is 2.23. The Bertz CT molecular complexity index is 397. The second kappa shape index (κ2) is 7.04. The fraction of sp³-hybridized carbons (Fsp3) is 0.571. The molecule has 1 nitrogen and oxygen atoms in total. The summed E-state index contributed by atoms with van der Waals surface area (Å²) in [5, 5.41) is 5.73. The summed E-state index contributed by atoms with van der Waals surface area (Å²) in [4.78, 5) is 0. The second-order valence-corrected chi connectivity index (χ2v) is 7.11. The fourth-order valence-corrected chi connectivity index (χ4v) is 3.89. The van der Waals surface area contributed by atoms with Gasteiger partial charge in [-0.25, -0.2) is 0 Å². The minimum atomic E-state index is 0.626. The van der Waals surface area contributed by atoms with Gasteiger partial charge >= 0.3 is 0 Å². The van der Waals surface area contributed by atoms with Gasteiger partial charge in [0.15, 0.2) is 0 Å². The normalized spacial score (nSPS) is 23.5. The first-order chi connectivity index (χ1) is 8.69. The molecule has 2 unspecified atom stereocenters. The third-order valence-corrected chi connectivity index (χ3v) is 5.34. The van der Waals surface area contributed by atoms with E-state index in [9.17, 15) is 0 Å². The molecule has 0 spiro atoms. The Kier molecular flexibility index (Phi) is 5.68. The monoisotopic (exact) mass is 303 g/mol. The Balaban J connectivity index is 1.80. The molecule has 1 aromatic rings. The van der Waals surface area contributed by atoms with Crippen molar-refractivity contribution in [2.24, 2.45) is 0 Å². The Labute approximate surface area is 124 Å². The topological polar surface area (TPSA) is 12.0 Å². The zero-order chi connectivity index (χ0) is 13.0. The standard InChI is InChI=1S/C14H19Cl2NS/c1-2-18-12-5-4-11(8-12)17-9-10-3-6-13(15)14(16)7-10/h3,6-7,11-12,17H,2,4-5,8-9H2,1H3. The van der Waals surface area contributed by atoms with E-state index in [1.54, 1.807) is 0 Å². The molecule has 100 valence electrons. The Hall–Kier alpha value is 0.110. The van der Waals surface area contributed by atoms with Gasteiger partial charge in [-0.3, -0.25) is 0 Å². The lowest BCUT2D eigenvalue weighted by Crippen LogP contribution is -2.26. The molecule has 0 aromatic heterocycles. The van der Waals surface area contributed by atoms with Crippen LogP contribution in [-0.2, 0) is 6.54 Å². The number of hydrogen-bond donors (Lipinski definition) is 1. The molecule has 1 N–H and O–H groups in total. The van der Waals surface area contributed by atoms with Gasteiger partial charge in [0, 0.05) is 17.8 Å². The van der Waals surface area contributed by atoms with Gasteiger partial charge in [-0.15, -0.1) is 0 Å².